The summed E-state index contributed by atoms with van der Waals surface area (Å²) in [5.74, 6) is 1.15. The van der Waals surface area contributed by atoms with Gasteiger partial charge < -0.3 is 5.32 Å². The molecule has 0 saturated carbocycles. The first-order chi connectivity index (χ1) is 9.38. The third-order valence-corrected chi connectivity index (χ3v) is 4.58. The van der Waals surface area contributed by atoms with E-state index < -0.39 is 0 Å². The second-order valence-corrected chi connectivity index (χ2v) is 7.07. The number of nitrogens with zero attached hydrogens (tertiary/aromatic N) is 2. The first-order valence-electron chi connectivity index (χ1n) is 7.02. The Balaban J connectivity index is 2.11. The van der Waals surface area contributed by atoms with Gasteiger partial charge in [0.05, 0.1) is 0 Å². The van der Waals surface area contributed by atoms with E-state index in [2.05, 4.69) is 66.6 Å². The number of aromatic nitrogens is 2. The van der Waals surface area contributed by atoms with Gasteiger partial charge in [-0.15, -0.1) is 11.3 Å². The molecule has 0 aliphatic heterocycles. The van der Waals surface area contributed by atoms with Crippen LogP contribution in [0.4, 0.5) is 5.95 Å². The molecule has 0 bridgehead atoms. The Morgan fingerprint density at radius 1 is 1.30 bits per heavy atom. The van der Waals surface area contributed by atoms with Crippen molar-refractivity contribution in [3.8, 4) is 0 Å². The summed E-state index contributed by atoms with van der Waals surface area (Å²) in [5, 5.41) is 5.52. The Hall–Kier alpha value is -1.42. The molecule has 0 saturated heterocycles. The van der Waals surface area contributed by atoms with E-state index in [0.29, 0.717) is 5.92 Å². The summed E-state index contributed by atoms with van der Waals surface area (Å²) >= 11 is 1.80. The molecule has 3 nitrogen and oxygen atoms in total. The van der Waals surface area contributed by atoms with Crippen molar-refractivity contribution in [1.82, 2.24) is 9.97 Å². The second-order valence-electron chi connectivity index (χ2n) is 6.13. The van der Waals surface area contributed by atoms with E-state index in [1.54, 1.807) is 11.3 Å². The van der Waals surface area contributed by atoms with Crippen LogP contribution in [0.5, 0.6) is 0 Å². The summed E-state index contributed by atoms with van der Waals surface area (Å²) in [6, 6.07) is 6.34. The van der Waals surface area contributed by atoms with Crippen molar-refractivity contribution in [3.05, 3.63) is 39.8 Å². The van der Waals surface area contributed by atoms with Crippen molar-refractivity contribution in [2.24, 2.45) is 0 Å². The standard InChI is InChI=1S/C16H23N3S/c1-11(2)13-9-12(3)18-15(19-13)17-10-16(4,5)14-7-6-8-20-14/h6-9,11H,10H2,1-5H3,(H,17,18,19). The van der Waals surface area contributed by atoms with Crippen molar-refractivity contribution in [2.75, 3.05) is 11.9 Å². The van der Waals surface area contributed by atoms with E-state index in [-0.39, 0.29) is 5.41 Å². The van der Waals surface area contributed by atoms with Gasteiger partial charge in [-0.1, -0.05) is 33.8 Å². The molecule has 0 aliphatic rings. The Kier molecular flexibility index (Phi) is 4.43. The number of hydrogen-bond donors (Lipinski definition) is 1. The molecule has 0 spiro atoms. The third-order valence-electron chi connectivity index (χ3n) is 3.34. The highest BCUT2D eigenvalue weighted by Crippen LogP contribution is 2.27. The lowest BCUT2D eigenvalue weighted by molar-refractivity contribution is 0.566. The number of hydrogen-bond acceptors (Lipinski definition) is 4. The van der Waals surface area contributed by atoms with E-state index in [4.69, 9.17) is 0 Å². The lowest BCUT2D eigenvalue weighted by Crippen LogP contribution is -2.27. The Labute approximate surface area is 125 Å². The highest BCUT2D eigenvalue weighted by atomic mass is 32.1. The van der Waals surface area contributed by atoms with Crippen LogP contribution in [-0.2, 0) is 5.41 Å². The summed E-state index contributed by atoms with van der Waals surface area (Å²) in [4.78, 5) is 10.5. The van der Waals surface area contributed by atoms with Gasteiger partial charge in [-0.3, -0.25) is 0 Å². The number of aryl methyl sites for hydroxylation is 1. The van der Waals surface area contributed by atoms with Crippen LogP contribution in [0.25, 0.3) is 0 Å². The summed E-state index contributed by atoms with van der Waals surface area (Å²) in [6.07, 6.45) is 0. The van der Waals surface area contributed by atoms with E-state index >= 15 is 0 Å². The van der Waals surface area contributed by atoms with Gasteiger partial charge in [0.15, 0.2) is 0 Å². The molecular weight excluding hydrogens is 266 g/mol. The van der Waals surface area contributed by atoms with Gasteiger partial charge in [0, 0.05) is 28.2 Å². The molecule has 4 heteroatoms. The monoisotopic (exact) mass is 289 g/mol. The Bertz CT molecular complexity index is 559. The first-order valence-corrected chi connectivity index (χ1v) is 7.90. The zero-order chi connectivity index (χ0) is 14.8. The van der Waals surface area contributed by atoms with Crippen molar-refractivity contribution >= 4 is 17.3 Å². The van der Waals surface area contributed by atoms with Crippen LogP contribution in [0.3, 0.4) is 0 Å². The van der Waals surface area contributed by atoms with Gasteiger partial charge in [-0.05, 0) is 30.4 Å². The van der Waals surface area contributed by atoms with Crippen LogP contribution in [0.15, 0.2) is 23.6 Å². The molecule has 1 N–H and O–H groups in total. The fourth-order valence-corrected chi connectivity index (χ4v) is 2.87. The number of anilines is 1. The fraction of sp³-hybridized carbons (Fsp3) is 0.500. The van der Waals surface area contributed by atoms with E-state index in [0.717, 1.165) is 23.9 Å². The molecule has 0 fully saturated rings. The van der Waals surface area contributed by atoms with Gasteiger partial charge in [-0.25, -0.2) is 9.97 Å². The number of nitrogens with one attached hydrogen (secondary N) is 1. The van der Waals surface area contributed by atoms with Gasteiger partial charge in [0.1, 0.15) is 0 Å². The van der Waals surface area contributed by atoms with Crippen LogP contribution in [-0.4, -0.2) is 16.5 Å². The quantitative estimate of drug-likeness (QED) is 0.888. The van der Waals surface area contributed by atoms with Crippen LogP contribution in [0, 0.1) is 6.92 Å². The fourth-order valence-electron chi connectivity index (χ4n) is 2.02. The van der Waals surface area contributed by atoms with Gasteiger partial charge in [0.2, 0.25) is 5.95 Å². The van der Waals surface area contributed by atoms with Gasteiger partial charge in [0.25, 0.3) is 0 Å². The van der Waals surface area contributed by atoms with Crippen molar-refractivity contribution in [3.63, 3.8) is 0 Å². The van der Waals surface area contributed by atoms with Gasteiger partial charge in [-0.2, -0.15) is 0 Å². The molecule has 0 aromatic carbocycles. The lowest BCUT2D eigenvalue weighted by atomic mass is 9.91. The van der Waals surface area contributed by atoms with Crippen LogP contribution in [0.1, 0.15) is 49.9 Å². The zero-order valence-electron chi connectivity index (χ0n) is 12.9. The molecule has 2 rings (SSSR count). The van der Waals surface area contributed by atoms with Crippen molar-refractivity contribution in [2.45, 2.75) is 46.0 Å². The van der Waals surface area contributed by atoms with Crippen LogP contribution >= 0.6 is 11.3 Å². The molecule has 20 heavy (non-hydrogen) atoms. The molecule has 2 heterocycles. The zero-order valence-corrected chi connectivity index (χ0v) is 13.7. The number of rotatable bonds is 5. The normalized spacial score (nSPS) is 11.9. The minimum atomic E-state index is 0.0826. The molecule has 108 valence electrons. The molecule has 0 unspecified atom stereocenters. The smallest absolute Gasteiger partial charge is 0.223 e. The molecule has 0 radical (unpaired) electrons. The van der Waals surface area contributed by atoms with Crippen molar-refractivity contribution in [1.29, 1.82) is 0 Å². The maximum atomic E-state index is 4.60. The lowest BCUT2D eigenvalue weighted by Gasteiger charge is -2.24. The van der Waals surface area contributed by atoms with Gasteiger partial charge >= 0.3 is 0 Å². The molecule has 0 aliphatic carbocycles. The summed E-state index contributed by atoms with van der Waals surface area (Å²) in [5.41, 5.74) is 2.19. The molecule has 0 atom stereocenters. The average Bonchev–Trinajstić information content (AvgIpc) is 2.90. The van der Waals surface area contributed by atoms with Crippen molar-refractivity contribution < 1.29 is 0 Å². The first kappa shape index (κ1) is 15.0. The van der Waals surface area contributed by atoms with Crippen LogP contribution in [0.2, 0.25) is 0 Å². The topological polar surface area (TPSA) is 37.8 Å². The largest absolute Gasteiger partial charge is 0.353 e. The number of thiophene rings is 1. The Morgan fingerprint density at radius 3 is 2.65 bits per heavy atom. The van der Waals surface area contributed by atoms with E-state index in [9.17, 15) is 0 Å². The average molecular weight is 289 g/mol. The summed E-state index contributed by atoms with van der Waals surface area (Å²) in [7, 11) is 0. The minimum absolute atomic E-state index is 0.0826. The van der Waals surface area contributed by atoms with E-state index in [1.165, 1.54) is 4.88 Å². The second kappa shape index (κ2) is 5.92. The minimum Gasteiger partial charge on any atom is -0.353 e. The predicted octanol–water partition coefficient (Wildman–Crippen LogP) is 4.36. The maximum absolute atomic E-state index is 4.60. The Morgan fingerprint density at radius 2 is 2.05 bits per heavy atom. The molecule has 0 amide bonds. The molecule has 2 aromatic rings. The SMILES string of the molecule is Cc1cc(C(C)C)nc(NCC(C)(C)c2cccs2)n1. The highest BCUT2D eigenvalue weighted by Gasteiger charge is 2.22. The summed E-state index contributed by atoms with van der Waals surface area (Å²) < 4.78 is 0. The predicted molar refractivity (Wildman–Crippen MR) is 86.7 cm³/mol. The maximum Gasteiger partial charge on any atom is 0.223 e. The van der Waals surface area contributed by atoms with Crippen LogP contribution < -0.4 is 5.32 Å². The highest BCUT2D eigenvalue weighted by molar-refractivity contribution is 7.10. The third kappa shape index (κ3) is 3.57. The van der Waals surface area contributed by atoms with E-state index in [1.807, 2.05) is 6.92 Å². The molecular formula is C16H23N3S. The summed E-state index contributed by atoms with van der Waals surface area (Å²) in [6.45, 7) is 11.6. The molecule has 2 aromatic heterocycles.